The molecular weight excluding hydrogens is 302 g/mol. The Morgan fingerprint density at radius 3 is 2.81 bits per heavy atom. The molecule has 1 aromatic carbocycles. The first kappa shape index (κ1) is 13.8. The Balaban J connectivity index is 2.01. The molecule has 5 heteroatoms. The van der Waals surface area contributed by atoms with E-state index in [4.69, 9.17) is 4.74 Å². The number of rotatable bonds is 4. The zero-order valence-electron chi connectivity index (χ0n) is 11.2. The molecule has 2 aromatic heterocycles. The van der Waals surface area contributed by atoms with Crippen molar-refractivity contribution < 1.29 is 9.53 Å². The number of hydrogen-bond donors (Lipinski definition) is 0. The Bertz CT molecular complexity index is 813. The minimum Gasteiger partial charge on any atom is -0.496 e. The zero-order chi connectivity index (χ0) is 14.8. The normalized spacial score (nSPS) is 12.0. The highest BCUT2D eigenvalue weighted by atomic mass is 32.1. The lowest BCUT2D eigenvalue weighted by Crippen LogP contribution is -2.11. The molecule has 0 aliphatic heterocycles. The van der Waals surface area contributed by atoms with Gasteiger partial charge in [-0.3, -0.25) is 4.79 Å². The highest BCUT2D eigenvalue weighted by Gasteiger charge is 2.26. The fourth-order valence-electron chi connectivity index (χ4n) is 2.20. The molecule has 21 heavy (non-hydrogen) atoms. The molecular formula is C16H11NO2S2. The van der Waals surface area contributed by atoms with Crippen molar-refractivity contribution in [2.24, 2.45) is 0 Å². The molecule has 0 spiro atoms. The van der Waals surface area contributed by atoms with Crippen molar-refractivity contribution in [2.75, 3.05) is 7.11 Å². The molecule has 2 heterocycles. The second-order valence-corrected chi connectivity index (χ2v) is 6.46. The van der Waals surface area contributed by atoms with Crippen LogP contribution in [0.2, 0.25) is 0 Å². The summed E-state index contributed by atoms with van der Waals surface area (Å²) in [6, 6.07) is 13.1. The summed E-state index contributed by atoms with van der Waals surface area (Å²) >= 11 is 3.03. The van der Waals surface area contributed by atoms with E-state index in [-0.39, 0.29) is 5.78 Å². The minimum absolute atomic E-state index is 0.171. The van der Waals surface area contributed by atoms with E-state index in [2.05, 4.69) is 6.07 Å². The van der Waals surface area contributed by atoms with Crippen LogP contribution < -0.4 is 4.74 Å². The number of ether oxygens (including phenoxy) is 1. The third-order valence-corrected chi connectivity index (χ3v) is 5.33. The van der Waals surface area contributed by atoms with Crippen molar-refractivity contribution in [1.29, 1.82) is 5.26 Å². The van der Waals surface area contributed by atoms with Crippen molar-refractivity contribution in [3.8, 4) is 11.8 Å². The van der Waals surface area contributed by atoms with Gasteiger partial charge in [0.05, 0.1) is 18.1 Å². The third kappa shape index (κ3) is 2.44. The van der Waals surface area contributed by atoms with Gasteiger partial charge < -0.3 is 4.74 Å². The number of methoxy groups -OCH3 is 1. The maximum Gasteiger partial charge on any atom is 0.194 e. The molecule has 0 saturated heterocycles. The smallest absolute Gasteiger partial charge is 0.194 e. The number of fused-ring (bicyclic) bond motifs is 1. The molecule has 0 saturated carbocycles. The Kier molecular flexibility index (Phi) is 3.74. The number of ketones is 1. The monoisotopic (exact) mass is 313 g/mol. The average molecular weight is 313 g/mol. The van der Waals surface area contributed by atoms with E-state index in [1.165, 1.54) is 11.3 Å². The van der Waals surface area contributed by atoms with Crippen molar-refractivity contribution in [1.82, 2.24) is 0 Å². The van der Waals surface area contributed by atoms with Crippen molar-refractivity contribution >= 4 is 37.9 Å². The summed E-state index contributed by atoms with van der Waals surface area (Å²) in [5.41, 5.74) is 0.615. The first-order valence-electron chi connectivity index (χ1n) is 6.28. The molecule has 0 aliphatic rings. The van der Waals surface area contributed by atoms with Crippen molar-refractivity contribution in [3.05, 3.63) is 52.2 Å². The highest BCUT2D eigenvalue weighted by Crippen LogP contribution is 2.35. The second kappa shape index (κ2) is 5.68. The van der Waals surface area contributed by atoms with Gasteiger partial charge in [0.2, 0.25) is 0 Å². The van der Waals surface area contributed by atoms with E-state index in [1.54, 1.807) is 30.6 Å². The van der Waals surface area contributed by atoms with Gasteiger partial charge in [0.1, 0.15) is 11.7 Å². The summed E-state index contributed by atoms with van der Waals surface area (Å²) in [6.45, 7) is 0. The van der Waals surface area contributed by atoms with Crippen LogP contribution in [0.15, 0.2) is 41.8 Å². The second-order valence-electron chi connectivity index (χ2n) is 4.43. The van der Waals surface area contributed by atoms with Crippen LogP contribution in [0.5, 0.6) is 5.75 Å². The van der Waals surface area contributed by atoms with Crippen molar-refractivity contribution in [3.63, 3.8) is 0 Å². The number of benzene rings is 1. The summed E-state index contributed by atoms with van der Waals surface area (Å²) in [4.78, 5) is 13.3. The van der Waals surface area contributed by atoms with E-state index in [0.29, 0.717) is 16.2 Å². The number of hydrogen-bond acceptors (Lipinski definition) is 5. The van der Waals surface area contributed by atoms with E-state index in [0.717, 1.165) is 9.40 Å². The number of nitriles is 1. The molecule has 3 aromatic rings. The molecule has 0 radical (unpaired) electrons. The Morgan fingerprint density at radius 1 is 1.29 bits per heavy atom. The number of carbonyl (C=O) groups excluding carboxylic acids is 1. The number of para-hydroxylation sites is 1. The fourth-order valence-corrected chi connectivity index (χ4v) is 4.28. The summed E-state index contributed by atoms with van der Waals surface area (Å²) in [5, 5.41) is 11.4. The molecule has 0 aliphatic carbocycles. The Hall–Kier alpha value is -2.16. The lowest BCUT2D eigenvalue weighted by Gasteiger charge is -2.11. The van der Waals surface area contributed by atoms with Crippen LogP contribution in [-0.2, 0) is 0 Å². The highest BCUT2D eigenvalue weighted by molar-refractivity contribution is 7.27. The Morgan fingerprint density at radius 2 is 2.10 bits per heavy atom. The van der Waals surface area contributed by atoms with Crippen molar-refractivity contribution in [2.45, 2.75) is 5.92 Å². The van der Waals surface area contributed by atoms with Gasteiger partial charge in [-0.05, 0) is 23.6 Å². The Labute approximate surface area is 130 Å². The summed E-state index contributed by atoms with van der Waals surface area (Å²) < 4.78 is 7.43. The van der Waals surface area contributed by atoms with Gasteiger partial charge in [-0.25, -0.2) is 0 Å². The van der Waals surface area contributed by atoms with Crippen LogP contribution >= 0.6 is 22.7 Å². The SMILES string of the molecule is COc1ccccc1C(C#N)C(=O)c1cc2sccc2s1. The van der Waals surface area contributed by atoms with Gasteiger partial charge in [0.25, 0.3) is 0 Å². The number of Topliss-reactive ketones (excluding diaryl/α,β-unsaturated/α-hetero) is 1. The largest absolute Gasteiger partial charge is 0.496 e. The first-order chi connectivity index (χ1) is 10.2. The first-order valence-corrected chi connectivity index (χ1v) is 7.98. The summed E-state index contributed by atoms with van der Waals surface area (Å²) in [6.07, 6.45) is 0. The van der Waals surface area contributed by atoms with Crippen LogP contribution in [0.3, 0.4) is 0 Å². The quantitative estimate of drug-likeness (QED) is 0.668. The van der Waals surface area contributed by atoms with E-state index >= 15 is 0 Å². The molecule has 1 atom stereocenters. The fraction of sp³-hybridized carbons (Fsp3) is 0.125. The third-order valence-electron chi connectivity index (χ3n) is 3.22. The minimum atomic E-state index is -0.839. The molecule has 104 valence electrons. The summed E-state index contributed by atoms with van der Waals surface area (Å²) in [7, 11) is 1.54. The van der Waals surface area contributed by atoms with Gasteiger partial charge in [0.15, 0.2) is 5.78 Å². The lowest BCUT2D eigenvalue weighted by atomic mass is 9.94. The van der Waals surface area contributed by atoms with Gasteiger partial charge in [-0.15, -0.1) is 22.7 Å². The van der Waals surface area contributed by atoms with Gasteiger partial charge in [-0.1, -0.05) is 18.2 Å². The van der Waals surface area contributed by atoms with Crippen LogP contribution in [0.1, 0.15) is 21.2 Å². The maximum absolute atomic E-state index is 12.6. The number of thiophene rings is 2. The van der Waals surface area contributed by atoms with Crippen LogP contribution in [0, 0.1) is 11.3 Å². The molecule has 3 nitrogen and oxygen atoms in total. The topological polar surface area (TPSA) is 50.1 Å². The molecule has 1 unspecified atom stereocenters. The van der Waals surface area contributed by atoms with Gasteiger partial charge >= 0.3 is 0 Å². The van der Waals surface area contributed by atoms with Gasteiger partial charge in [-0.2, -0.15) is 5.26 Å². The molecule has 0 fully saturated rings. The van der Waals surface area contributed by atoms with E-state index in [9.17, 15) is 10.1 Å². The van der Waals surface area contributed by atoms with Gasteiger partial charge in [0, 0.05) is 15.0 Å². The molecule has 0 bridgehead atoms. The summed E-state index contributed by atoms with van der Waals surface area (Å²) in [5.74, 6) is -0.444. The molecule has 0 amide bonds. The molecule has 0 N–H and O–H groups in total. The standard InChI is InChI=1S/C16H11NO2S2/c1-19-12-5-3-2-4-10(12)11(9-17)16(18)15-8-14-13(21-15)6-7-20-14/h2-8,11H,1H3. The van der Waals surface area contributed by atoms with Crippen LogP contribution in [0.4, 0.5) is 0 Å². The maximum atomic E-state index is 12.6. The van der Waals surface area contributed by atoms with E-state index < -0.39 is 5.92 Å². The van der Waals surface area contributed by atoms with E-state index in [1.807, 2.05) is 29.6 Å². The lowest BCUT2D eigenvalue weighted by molar-refractivity contribution is 0.0982. The number of carbonyl (C=O) groups is 1. The zero-order valence-corrected chi connectivity index (χ0v) is 12.8. The number of nitrogens with zero attached hydrogens (tertiary/aromatic N) is 1. The molecule has 3 rings (SSSR count). The predicted molar refractivity (Wildman–Crippen MR) is 85.4 cm³/mol. The predicted octanol–water partition coefficient (Wildman–Crippen LogP) is 4.46. The average Bonchev–Trinajstić information content (AvgIpc) is 3.09. The van der Waals surface area contributed by atoms with Crippen LogP contribution in [-0.4, -0.2) is 12.9 Å². The van der Waals surface area contributed by atoms with Crippen LogP contribution in [0.25, 0.3) is 9.40 Å².